The number of hydrogen-bond donors (Lipinski definition) is 0. The fraction of sp³-hybridized carbons (Fsp3) is 0.263. The van der Waals surface area contributed by atoms with E-state index in [4.69, 9.17) is 19.4 Å². The van der Waals surface area contributed by atoms with Gasteiger partial charge in [0.15, 0.2) is 11.9 Å². The highest BCUT2D eigenvalue weighted by Crippen LogP contribution is 2.29. The normalized spacial score (nSPS) is 15.7. The topological polar surface area (TPSA) is 49.2 Å². The molecule has 126 valence electrons. The Balaban J connectivity index is 1.72. The lowest BCUT2D eigenvalue weighted by Gasteiger charge is -2.11. The van der Waals surface area contributed by atoms with Crippen LogP contribution in [0.4, 0.5) is 4.39 Å². The highest BCUT2D eigenvalue weighted by Gasteiger charge is 2.19. The van der Waals surface area contributed by atoms with Crippen LogP contribution >= 0.6 is 0 Å². The van der Waals surface area contributed by atoms with Gasteiger partial charge in [-0.1, -0.05) is 12.1 Å². The van der Waals surface area contributed by atoms with Gasteiger partial charge in [0.05, 0.1) is 29.8 Å². The van der Waals surface area contributed by atoms with E-state index in [0.717, 1.165) is 33.1 Å². The summed E-state index contributed by atoms with van der Waals surface area (Å²) in [6.45, 7) is 1.93. The van der Waals surface area contributed by atoms with Crippen molar-refractivity contribution in [1.82, 2.24) is 14.5 Å². The number of rotatable bonds is 3. The van der Waals surface area contributed by atoms with E-state index in [-0.39, 0.29) is 12.1 Å². The standard InChI is InChI=1S/C19H16FN3O2/c20-12-5-6-16-13(11-12)18-19(22-15-4-2-1-3-14(15)21-18)23(16)8-7-17-24-9-10-25-17/h1-6,11,17H,7-10H2. The zero-order valence-corrected chi connectivity index (χ0v) is 13.5. The Bertz CT molecular complexity index is 1090. The molecule has 2 aromatic carbocycles. The van der Waals surface area contributed by atoms with Crippen molar-refractivity contribution >= 4 is 33.1 Å². The first-order valence-electron chi connectivity index (χ1n) is 8.37. The Labute approximate surface area is 143 Å². The van der Waals surface area contributed by atoms with E-state index in [1.165, 1.54) is 12.1 Å². The summed E-state index contributed by atoms with van der Waals surface area (Å²) in [5.41, 5.74) is 4.04. The molecule has 6 heteroatoms. The first kappa shape index (κ1) is 14.7. The fourth-order valence-corrected chi connectivity index (χ4v) is 3.44. The van der Waals surface area contributed by atoms with Crippen LogP contribution < -0.4 is 0 Å². The summed E-state index contributed by atoms with van der Waals surface area (Å²) in [5.74, 6) is -0.274. The van der Waals surface area contributed by atoms with E-state index in [2.05, 4.69) is 4.57 Å². The molecule has 2 aromatic heterocycles. The zero-order chi connectivity index (χ0) is 16.8. The third kappa shape index (κ3) is 2.45. The Hall–Kier alpha value is -2.57. The van der Waals surface area contributed by atoms with Gasteiger partial charge in [-0.25, -0.2) is 14.4 Å². The molecular formula is C19H16FN3O2. The van der Waals surface area contributed by atoms with E-state index in [0.29, 0.717) is 26.2 Å². The van der Waals surface area contributed by atoms with Crippen LogP contribution in [0.5, 0.6) is 0 Å². The highest BCUT2D eigenvalue weighted by atomic mass is 19.1. The van der Waals surface area contributed by atoms with Crippen LogP contribution in [-0.2, 0) is 16.0 Å². The van der Waals surface area contributed by atoms with Crippen LogP contribution in [0, 0.1) is 5.82 Å². The molecule has 1 saturated heterocycles. The molecule has 1 fully saturated rings. The molecule has 1 aliphatic heterocycles. The fourth-order valence-electron chi connectivity index (χ4n) is 3.44. The maximum absolute atomic E-state index is 13.8. The summed E-state index contributed by atoms with van der Waals surface area (Å²) in [7, 11) is 0. The lowest BCUT2D eigenvalue weighted by molar-refractivity contribution is -0.0487. The molecule has 1 aliphatic rings. The van der Waals surface area contributed by atoms with Gasteiger partial charge in [0.2, 0.25) is 0 Å². The molecule has 5 rings (SSSR count). The van der Waals surface area contributed by atoms with E-state index in [1.807, 2.05) is 24.3 Å². The van der Waals surface area contributed by atoms with Gasteiger partial charge in [-0.15, -0.1) is 0 Å². The quantitative estimate of drug-likeness (QED) is 0.573. The molecule has 4 aromatic rings. The summed E-state index contributed by atoms with van der Waals surface area (Å²) in [5, 5.41) is 0.779. The second kappa shape index (κ2) is 5.75. The van der Waals surface area contributed by atoms with Crippen molar-refractivity contribution in [2.75, 3.05) is 13.2 Å². The van der Waals surface area contributed by atoms with Crippen LogP contribution in [0.2, 0.25) is 0 Å². The summed E-state index contributed by atoms with van der Waals surface area (Å²) in [6, 6.07) is 12.5. The lowest BCUT2D eigenvalue weighted by atomic mass is 10.2. The number of benzene rings is 2. The molecular weight excluding hydrogens is 321 g/mol. The Morgan fingerprint density at radius 3 is 2.60 bits per heavy atom. The minimum absolute atomic E-state index is 0.193. The molecule has 0 saturated carbocycles. The highest BCUT2D eigenvalue weighted by molar-refractivity contribution is 6.06. The second-order valence-corrected chi connectivity index (χ2v) is 6.16. The van der Waals surface area contributed by atoms with Gasteiger partial charge in [0.25, 0.3) is 0 Å². The SMILES string of the molecule is Fc1ccc2c(c1)c1nc3ccccc3nc1n2CCC1OCCO1. The van der Waals surface area contributed by atoms with Crippen molar-refractivity contribution in [3.63, 3.8) is 0 Å². The third-order valence-electron chi connectivity index (χ3n) is 4.59. The number of fused-ring (bicyclic) bond motifs is 4. The van der Waals surface area contributed by atoms with Crippen molar-refractivity contribution in [1.29, 1.82) is 0 Å². The average Bonchev–Trinajstić information content (AvgIpc) is 3.24. The van der Waals surface area contributed by atoms with E-state index in [9.17, 15) is 4.39 Å². The summed E-state index contributed by atoms with van der Waals surface area (Å²) < 4.78 is 27.0. The van der Waals surface area contributed by atoms with Gasteiger partial charge in [0, 0.05) is 18.4 Å². The van der Waals surface area contributed by atoms with Crippen molar-refractivity contribution in [2.24, 2.45) is 0 Å². The Morgan fingerprint density at radius 1 is 1.04 bits per heavy atom. The van der Waals surface area contributed by atoms with Crippen LogP contribution in [0.1, 0.15) is 6.42 Å². The molecule has 0 radical (unpaired) electrons. The number of hydrogen-bond acceptors (Lipinski definition) is 4. The van der Waals surface area contributed by atoms with Gasteiger partial charge in [-0.3, -0.25) is 0 Å². The van der Waals surface area contributed by atoms with Gasteiger partial charge >= 0.3 is 0 Å². The van der Waals surface area contributed by atoms with Crippen LogP contribution in [-0.4, -0.2) is 34.0 Å². The van der Waals surface area contributed by atoms with E-state index < -0.39 is 0 Å². The molecule has 3 heterocycles. The van der Waals surface area contributed by atoms with Crippen molar-refractivity contribution in [3.05, 3.63) is 48.3 Å². The number of nitrogens with zero attached hydrogens (tertiary/aromatic N) is 3. The minimum Gasteiger partial charge on any atom is -0.350 e. The molecule has 0 spiro atoms. The van der Waals surface area contributed by atoms with Crippen molar-refractivity contribution in [2.45, 2.75) is 19.3 Å². The van der Waals surface area contributed by atoms with Gasteiger partial charge in [-0.05, 0) is 30.3 Å². The van der Waals surface area contributed by atoms with E-state index in [1.54, 1.807) is 6.07 Å². The Morgan fingerprint density at radius 2 is 1.80 bits per heavy atom. The number of aryl methyl sites for hydroxylation is 1. The molecule has 0 amide bonds. The Kier molecular flexibility index (Phi) is 3.39. The first-order chi connectivity index (χ1) is 12.3. The molecule has 0 aliphatic carbocycles. The van der Waals surface area contributed by atoms with Crippen molar-refractivity contribution in [3.8, 4) is 0 Å². The largest absolute Gasteiger partial charge is 0.350 e. The maximum atomic E-state index is 13.8. The smallest absolute Gasteiger partial charge is 0.160 e. The maximum Gasteiger partial charge on any atom is 0.160 e. The molecule has 0 unspecified atom stereocenters. The molecule has 5 nitrogen and oxygen atoms in total. The molecule has 0 bridgehead atoms. The summed E-state index contributed by atoms with van der Waals surface area (Å²) in [6.07, 6.45) is 0.520. The van der Waals surface area contributed by atoms with E-state index >= 15 is 0 Å². The van der Waals surface area contributed by atoms with Crippen LogP contribution in [0.3, 0.4) is 0 Å². The molecule has 0 atom stereocenters. The van der Waals surface area contributed by atoms with Crippen LogP contribution in [0.25, 0.3) is 33.1 Å². The van der Waals surface area contributed by atoms with Crippen molar-refractivity contribution < 1.29 is 13.9 Å². The summed E-state index contributed by atoms with van der Waals surface area (Å²) in [4.78, 5) is 9.52. The zero-order valence-electron chi connectivity index (χ0n) is 13.5. The number of ether oxygens (including phenoxy) is 2. The molecule has 25 heavy (non-hydrogen) atoms. The predicted molar refractivity (Wildman–Crippen MR) is 92.8 cm³/mol. The third-order valence-corrected chi connectivity index (χ3v) is 4.59. The summed E-state index contributed by atoms with van der Waals surface area (Å²) >= 11 is 0. The van der Waals surface area contributed by atoms with Crippen LogP contribution in [0.15, 0.2) is 42.5 Å². The lowest BCUT2D eigenvalue weighted by Crippen LogP contribution is -2.12. The molecule has 0 N–H and O–H groups in total. The average molecular weight is 337 g/mol. The van der Waals surface area contributed by atoms with Gasteiger partial charge in [0.1, 0.15) is 11.3 Å². The minimum atomic E-state index is -0.274. The number of para-hydroxylation sites is 2. The number of halogens is 1. The number of aromatic nitrogens is 3. The second-order valence-electron chi connectivity index (χ2n) is 6.16. The monoisotopic (exact) mass is 337 g/mol. The predicted octanol–water partition coefficient (Wildman–Crippen LogP) is 3.64. The van der Waals surface area contributed by atoms with Gasteiger partial charge in [-0.2, -0.15) is 0 Å². The first-order valence-corrected chi connectivity index (χ1v) is 8.37. The van der Waals surface area contributed by atoms with Gasteiger partial charge < -0.3 is 14.0 Å².